The Morgan fingerprint density at radius 1 is 1.33 bits per heavy atom. The highest BCUT2D eigenvalue weighted by Crippen LogP contribution is 2.41. The summed E-state index contributed by atoms with van der Waals surface area (Å²) in [6, 6.07) is 0. The van der Waals surface area contributed by atoms with Crippen molar-refractivity contribution in [2.24, 2.45) is 11.8 Å². The van der Waals surface area contributed by atoms with Gasteiger partial charge in [-0.05, 0) is 24.7 Å². The van der Waals surface area contributed by atoms with Gasteiger partial charge in [-0.25, -0.2) is 0 Å². The Morgan fingerprint density at radius 2 is 2.08 bits per heavy atom. The molecule has 0 N–H and O–H groups in total. The second-order valence-electron chi connectivity index (χ2n) is 4.04. The van der Waals surface area contributed by atoms with Gasteiger partial charge in [-0.2, -0.15) is 0 Å². The molecule has 3 atom stereocenters. The first-order valence-corrected chi connectivity index (χ1v) is 4.88. The lowest BCUT2D eigenvalue weighted by Crippen LogP contribution is -2.27. The fourth-order valence-electron chi connectivity index (χ4n) is 2.81. The largest absolute Gasteiger partial charge is 0.373 e. The summed E-state index contributed by atoms with van der Waals surface area (Å²) >= 11 is 0. The Morgan fingerprint density at radius 3 is 2.83 bits per heavy atom. The van der Waals surface area contributed by atoms with Crippen molar-refractivity contribution in [1.82, 2.24) is 0 Å². The first-order chi connectivity index (χ1) is 5.83. The minimum absolute atomic E-state index is 0.0599. The minimum Gasteiger partial charge on any atom is -0.373 e. The van der Waals surface area contributed by atoms with Crippen molar-refractivity contribution in [3.8, 4) is 0 Å². The maximum absolute atomic E-state index is 11.4. The topological polar surface area (TPSA) is 26.3 Å². The average Bonchev–Trinajstić information content (AvgIpc) is 2.40. The molecule has 0 aromatic rings. The molecular weight excluding hydrogens is 152 g/mol. The van der Waals surface area contributed by atoms with Crippen molar-refractivity contribution >= 4 is 5.78 Å². The van der Waals surface area contributed by atoms with Crippen molar-refractivity contribution in [3.63, 3.8) is 0 Å². The van der Waals surface area contributed by atoms with E-state index in [1.807, 2.05) is 0 Å². The van der Waals surface area contributed by atoms with Crippen LogP contribution in [0.15, 0.2) is 0 Å². The first kappa shape index (κ1) is 8.24. The highest BCUT2D eigenvalue weighted by Gasteiger charge is 2.43. The third kappa shape index (κ3) is 1.18. The molecule has 2 saturated carbocycles. The van der Waals surface area contributed by atoms with Gasteiger partial charge in [-0.15, -0.1) is 0 Å². The Bertz CT molecular complexity index is 188. The summed E-state index contributed by atoms with van der Waals surface area (Å²) in [5.41, 5.74) is 0. The fraction of sp³-hybridized carbons (Fsp3) is 0.900. The van der Waals surface area contributed by atoms with Gasteiger partial charge in [-0.1, -0.05) is 12.8 Å². The second-order valence-corrected chi connectivity index (χ2v) is 4.04. The van der Waals surface area contributed by atoms with E-state index in [0.717, 1.165) is 6.42 Å². The molecule has 68 valence electrons. The van der Waals surface area contributed by atoms with Gasteiger partial charge >= 0.3 is 0 Å². The van der Waals surface area contributed by atoms with Crippen LogP contribution in [0.5, 0.6) is 0 Å². The Hall–Kier alpha value is -0.370. The highest BCUT2D eigenvalue weighted by atomic mass is 16.5. The monoisotopic (exact) mass is 168 g/mol. The van der Waals surface area contributed by atoms with E-state index < -0.39 is 0 Å². The van der Waals surface area contributed by atoms with Gasteiger partial charge in [0.1, 0.15) is 6.10 Å². The van der Waals surface area contributed by atoms with Gasteiger partial charge in [0, 0.05) is 13.5 Å². The van der Waals surface area contributed by atoms with E-state index in [9.17, 15) is 4.79 Å². The normalized spacial score (nSPS) is 41.4. The Balaban J connectivity index is 2.10. The molecule has 2 fully saturated rings. The van der Waals surface area contributed by atoms with Gasteiger partial charge in [0.25, 0.3) is 0 Å². The summed E-state index contributed by atoms with van der Waals surface area (Å²) in [6.07, 6.45) is 5.77. The van der Waals surface area contributed by atoms with Gasteiger partial charge in [0.15, 0.2) is 5.78 Å². The van der Waals surface area contributed by atoms with E-state index in [4.69, 9.17) is 4.74 Å². The molecule has 2 nitrogen and oxygen atoms in total. The fourth-order valence-corrected chi connectivity index (χ4v) is 2.81. The molecule has 0 bridgehead atoms. The molecule has 0 saturated heterocycles. The molecule has 2 rings (SSSR count). The van der Waals surface area contributed by atoms with E-state index >= 15 is 0 Å². The van der Waals surface area contributed by atoms with E-state index in [1.165, 1.54) is 25.7 Å². The smallest absolute Gasteiger partial charge is 0.162 e. The number of methoxy groups -OCH3 is 1. The van der Waals surface area contributed by atoms with Crippen LogP contribution in [0.3, 0.4) is 0 Å². The van der Waals surface area contributed by atoms with Crippen molar-refractivity contribution in [1.29, 1.82) is 0 Å². The summed E-state index contributed by atoms with van der Waals surface area (Å²) in [6.45, 7) is 0. The summed E-state index contributed by atoms with van der Waals surface area (Å²) < 4.78 is 5.24. The van der Waals surface area contributed by atoms with Crippen LogP contribution in [0.25, 0.3) is 0 Å². The van der Waals surface area contributed by atoms with Crippen LogP contribution in [-0.2, 0) is 9.53 Å². The third-order valence-corrected chi connectivity index (χ3v) is 3.39. The van der Waals surface area contributed by atoms with Gasteiger partial charge in [0.05, 0.1) is 0 Å². The lowest BCUT2D eigenvalue weighted by Gasteiger charge is -2.27. The number of hydrogen-bond acceptors (Lipinski definition) is 2. The number of ether oxygens (including phenoxy) is 1. The zero-order valence-electron chi connectivity index (χ0n) is 7.58. The van der Waals surface area contributed by atoms with Gasteiger partial charge in [-0.3, -0.25) is 4.79 Å². The lowest BCUT2D eigenvalue weighted by atomic mass is 9.81. The SMILES string of the molecule is CO[C@@H]1C(=O)C[C@@H]2CCCC[C@@H]21. The van der Waals surface area contributed by atoms with Crippen LogP contribution < -0.4 is 0 Å². The highest BCUT2D eigenvalue weighted by molar-refractivity contribution is 5.86. The molecule has 2 aliphatic rings. The molecule has 0 unspecified atom stereocenters. The number of ketones is 1. The predicted octanol–water partition coefficient (Wildman–Crippen LogP) is 1.78. The van der Waals surface area contributed by atoms with E-state index in [1.54, 1.807) is 7.11 Å². The molecule has 2 aliphatic carbocycles. The average molecular weight is 168 g/mol. The molecule has 0 aromatic carbocycles. The molecule has 12 heavy (non-hydrogen) atoms. The maximum Gasteiger partial charge on any atom is 0.162 e. The molecular formula is C10H16O2. The quantitative estimate of drug-likeness (QED) is 0.596. The Labute approximate surface area is 73.3 Å². The van der Waals surface area contributed by atoms with Crippen LogP contribution in [0.4, 0.5) is 0 Å². The van der Waals surface area contributed by atoms with Crippen molar-refractivity contribution < 1.29 is 9.53 Å². The van der Waals surface area contributed by atoms with Crippen LogP contribution in [-0.4, -0.2) is 19.0 Å². The van der Waals surface area contributed by atoms with Crippen molar-refractivity contribution in [3.05, 3.63) is 0 Å². The van der Waals surface area contributed by atoms with Crippen LogP contribution >= 0.6 is 0 Å². The van der Waals surface area contributed by atoms with E-state index in [0.29, 0.717) is 17.6 Å². The summed E-state index contributed by atoms with van der Waals surface area (Å²) in [5.74, 6) is 1.54. The molecule has 0 heterocycles. The molecule has 0 aromatic heterocycles. The molecule has 0 amide bonds. The molecule has 0 aliphatic heterocycles. The molecule has 0 spiro atoms. The lowest BCUT2D eigenvalue weighted by molar-refractivity contribution is -0.127. The number of hydrogen-bond donors (Lipinski definition) is 0. The molecule has 2 heteroatoms. The van der Waals surface area contributed by atoms with Crippen molar-refractivity contribution in [2.45, 2.75) is 38.2 Å². The van der Waals surface area contributed by atoms with Crippen LogP contribution in [0.1, 0.15) is 32.1 Å². The number of carbonyl (C=O) groups excluding carboxylic acids is 1. The second kappa shape index (κ2) is 3.17. The Kier molecular flexibility index (Phi) is 2.18. The maximum atomic E-state index is 11.4. The number of rotatable bonds is 1. The van der Waals surface area contributed by atoms with Crippen molar-refractivity contribution in [2.75, 3.05) is 7.11 Å². The first-order valence-electron chi connectivity index (χ1n) is 4.88. The van der Waals surface area contributed by atoms with Crippen LogP contribution in [0.2, 0.25) is 0 Å². The number of Topliss-reactive ketones (excluding diaryl/α,β-unsaturated/α-hetero) is 1. The van der Waals surface area contributed by atoms with E-state index in [2.05, 4.69) is 0 Å². The zero-order chi connectivity index (χ0) is 8.55. The van der Waals surface area contributed by atoms with Gasteiger partial charge < -0.3 is 4.74 Å². The van der Waals surface area contributed by atoms with E-state index in [-0.39, 0.29) is 6.10 Å². The number of carbonyl (C=O) groups is 1. The zero-order valence-corrected chi connectivity index (χ0v) is 7.58. The van der Waals surface area contributed by atoms with Gasteiger partial charge in [0.2, 0.25) is 0 Å². The number of fused-ring (bicyclic) bond motifs is 1. The molecule has 0 radical (unpaired) electrons. The summed E-state index contributed by atoms with van der Waals surface area (Å²) in [5, 5.41) is 0. The summed E-state index contributed by atoms with van der Waals surface area (Å²) in [7, 11) is 1.67. The standard InChI is InChI=1S/C10H16O2/c1-12-10-8-5-3-2-4-7(8)6-9(10)11/h7-8,10H,2-6H2,1H3/t7-,8-,10-/m0/s1. The minimum atomic E-state index is -0.0599. The third-order valence-electron chi connectivity index (χ3n) is 3.39. The summed E-state index contributed by atoms with van der Waals surface area (Å²) in [4.78, 5) is 11.4. The predicted molar refractivity (Wildman–Crippen MR) is 45.9 cm³/mol. The van der Waals surface area contributed by atoms with Crippen LogP contribution in [0, 0.1) is 11.8 Å².